The van der Waals surface area contributed by atoms with E-state index in [-0.39, 0.29) is 5.78 Å². The Labute approximate surface area is 119 Å². The summed E-state index contributed by atoms with van der Waals surface area (Å²) in [5, 5.41) is 0.984. The molecule has 0 aromatic carbocycles. The zero-order chi connectivity index (χ0) is 14.0. The second-order valence-electron chi connectivity index (χ2n) is 5.24. The average molecular weight is 281 g/mol. The first-order valence-electron chi connectivity index (χ1n) is 6.96. The number of hydrogen-bond acceptors (Lipinski definition) is 5. The fraction of sp³-hybridized carbons (Fsp3) is 0.714. The zero-order valence-corrected chi connectivity index (χ0v) is 13.1. The normalized spacial score (nSPS) is 17.7. The number of nitrogens with zero attached hydrogens (tertiary/aromatic N) is 3. The van der Waals surface area contributed by atoms with Crippen LogP contribution in [0, 0.1) is 6.92 Å². The maximum atomic E-state index is 11.5. The van der Waals surface area contributed by atoms with Crippen molar-refractivity contribution in [1.29, 1.82) is 0 Å². The summed E-state index contributed by atoms with van der Waals surface area (Å²) in [6, 6.07) is 0.549. The molecule has 0 spiro atoms. The first kappa shape index (κ1) is 14.5. The van der Waals surface area contributed by atoms with E-state index in [1.54, 1.807) is 6.92 Å². The van der Waals surface area contributed by atoms with Gasteiger partial charge in [0, 0.05) is 33.1 Å². The molecule has 4 nitrogen and oxygen atoms in total. The first-order valence-corrected chi connectivity index (χ1v) is 7.78. The summed E-state index contributed by atoms with van der Waals surface area (Å²) in [5.41, 5.74) is 0.866. The number of anilines is 1. The number of rotatable bonds is 4. The van der Waals surface area contributed by atoms with Crippen LogP contribution in [0.25, 0.3) is 0 Å². The lowest BCUT2D eigenvalue weighted by atomic mass is 10.0. The Kier molecular flexibility index (Phi) is 4.58. The summed E-state index contributed by atoms with van der Waals surface area (Å²) >= 11 is 1.53. The Bertz CT molecular complexity index is 450. The number of Topliss-reactive ketones (excluding diaryl/α,β-unsaturated/α-hetero) is 1. The van der Waals surface area contributed by atoms with Gasteiger partial charge in [-0.3, -0.25) is 4.79 Å². The highest BCUT2D eigenvalue weighted by Gasteiger charge is 2.24. The predicted molar refractivity (Wildman–Crippen MR) is 80.4 cm³/mol. The molecule has 1 aliphatic rings. The van der Waals surface area contributed by atoms with Crippen LogP contribution in [-0.4, -0.2) is 48.4 Å². The third-order valence-electron chi connectivity index (χ3n) is 3.96. The minimum absolute atomic E-state index is 0.121. The summed E-state index contributed by atoms with van der Waals surface area (Å²) in [7, 11) is 2.11. The smallest absolute Gasteiger partial charge is 0.186 e. The Morgan fingerprint density at radius 3 is 2.58 bits per heavy atom. The number of piperidine rings is 1. The highest BCUT2D eigenvalue weighted by Crippen LogP contribution is 2.29. The Hall–Kier alpha value is -0.940. The van der Waals surface area contributed by atoms with Gasteiger partial charge in [0.1, 0.15) is 0 Å². The standard InChI is InChI=1S/C14H23N3OS/c1-5-17-8-6-12(7-9-17)16(4)14-15-10(2)13(19-14)11(3)18/h12H,5-9H2,1-4H3. The number of likely N-dealkylation sites (tertiary alicyclic amines) is 1. The molecule has 0 unspecified atom stereocenters. The fourth-order valence-corrected chi connectivity index (χ4v) is 3.63. The molecule has 0 amide bonds. The molecule has 2 rings (SSSR count). The number of thiazole rings is 1. The van der Waals surface area contributed by atoms with Gasteiger partial charge in [0.15, 0.2) is 10.9 Å². The number of hydrogen-bond donors (Lipinski definition) is 0. The quantitative estimate of drug-likeness (QED) is 0.795. The lowest BCUT2D eigenvalue weighted by Crippen LogP contribution is -2.43. The third-order valence-corrected chi connectivity index (χ3v) is 5.31. The SMILES string of the molecule is CCN1CCC(N(C)c2nc(C)c(C(C)=O)s2)CC1. The zero-order valence-electron chi connectivity index (χ0n) is 12.3. The summed E-state index contributed by atoms with van der Waals surface area (Å²) in [6.45, 7) is 9.22. The van der Waals surface area contributed by atoms with Crippen molar-refractivity contribution in [3.05, 3.63) is 10.6 Å². The van der Waals surface area contributed by atoms with Gasteiger partial charge in [-0.15, -0.1) is 0 Å². The molecular weight excluding hydrogens is 258 g/mol. The van der Waals surface area contributed by atoms with Gasteiger partial charge in [0.2, 0.25) is 0 Å². The maximum absolute atomic E-state index is 11.5. The molecular formula is C14H23N3OS. The molecule has 0 aliphatic carbocycles. The van der Waals surface area contributed by atoms with E-state index in [1.807, 2.05) is 6.92 Å². The van der Waals surface area contributed by atoms with Crippen molar-refractivity contribution in [2.24, 2.45) is 0 Å². The van der Waals surface area contributed by atoms with E-state index in [2.05, 4.69) is 28.8 Å². The van der Waals surface area contributed by atoms with E-state index in [1.165, 1.54) is 24.2 Å². The number of ketones is 1. The molecule has 5 heteroatoms. The second kappa shape index (κ2) is 6.01. The first-order chi connectivity index (χ1) is 9.02. The van der Waals surface area contributed by atoms with Crippen molar-refractivity contribution in [1.82, 2.24) is 9.88 Å². The highest BCUT2D eigenvalue weighted by molar-refractivity contribution is 7.17. The molecule has 0 radical (unpaired) electrons. The van der Waals surface area contributed by atoms with Gasteiger partial charge >= 0.3 is 0 Å². The lowest BCUT2D eigenvalue weighted by molar-refractivity contribution is 0.102. The molecule has 0 bridgehead atoms. The minimum atomic E-state index is 0.121. The number of aromatic nitrogens is 1. The van der Waals surface area contributed by atoms with Gasteiger partial charge in [0.25, 0.3) is 0 Å². The minimum Gasteiger partial charge on any atom is -0.348 e. The molecule has 1 fully saturated rings. The second-order valence-corrected chi connectivity index (χ2v) is 6.22. The lowest BCUT2D eigenvalue weighted by Gasteiger charge is -2.36. The molecule has 106 valence electrons. The largest absolute Gasteiger partial charge is 0.348 e. The Balaban J connectivity index is 2.06. The van der Waals surface area contributed by atoms with Gasteiger partial charge in [-0.1, -0.05) is 18.3 Å². The van der Waals surface area contributed by atoms with Crippen molar-refractivity contribution in [2.75, 3.05) is 31.6 Å². The summed E-state index contributed by atoms with van der Waals surface area (Å²) in [4.78, 5) is 21.6. The fourth-order valence-electron chi connectivity index (χ4n) is 2.64. The molecule has 2 heterocycles. The van der Waals surface area contributed by atoms with Gasteiger partial charge < -0.3 is 9.80 Å². The summed E-state index contributed by atoms with van der Waals surface area (Å²) in [5.74, 6) is 0.121. The van der Waals surface area contributed by atoms with Crippen LogP contribution in [0.5, 0.6) is 0 Å². The van der Waals surface area contributed by atoms with Gasteiger partial charge in [-0.25, -0.2) is 4.98 Å². The van der Waals surface area contributed by atoms with E-state index >= 15 is 0 Å². The molecule has 0 N–H and O–H groups in total. The van der Waals surface area contributed by atoms with Crippen molar-refractivity contribution >= 4 is 22.3 Å². The van der Waals surface area contributed by atoms with E-state index in [9.17, 15) is 4.79 Å². The average Bonchev–Trinajstić information content (AvgIpc) is 2.80. The molecule has 1 saturated heterocycles. The number of carbonyl (C=O) groups is 1. The topological polar surface area (TPSA) is 36.4 Å². The van der Waals surface area contributed by atoms with Crippen molar-refractivity contribution < 1.29 is 4.79 Å². The van der Waals surface area contributed by atoms with Crippen LogP contribution in [0.1, 0.15) is 42.1 Å². The van der Waals surface area contributed by atoms with E-state index in [0.29, 0.717) is 6.04 Å². The van der Waals surface area contributed by atoms with E-state index < -0.39 is 0 Å². The molecule has 0 saturated carbocycles. The Morgan fingerprint density at radius 1 is 1.47 bits per heavy atom. The van der Waals surface area contributed by atoms with Crippen molar-refractivity contribution in [3.8, 4) is 0 Å². The monoisotopic (exact) mass is 281 g/mol. The van der Waals surface area contributed by atoms with Crippen LogP contribution < -0.4 is 4.90 Å². The van der Waals surface area contributed by atoms with E-state index in [4.69, 9.17) is 0 Å². The molecule has 1 aliphatic heterocycles. The highest BCUT2D eigenvalue weighted by atomic mass is 32.1. The Morgan fingerprint density at radius 2 is 2.11 bits per heavy atom. The number of carbonyl (C=O) groups excluding carboxylic acids is 1. The summed E-state index contributed by atoms with van der Waals surface area (Å²) in [6.07, 6.45) is 2.36. The number of aryl methyl sites for hydroxylation is 1. The van der Waals surface area contributed by atoms with Crippen LogP contribution in [0.2, 0.25) is 0 Å². The van der Waals surface area contributed by atoms with Crippen LogP contribution >= 0.6 is 11.3 Å². The van der Waals surface area contributed by atoms with Crippen LogP contribution in [0.15, 0.2) is 0 Å². The third kappa shape index (κ3) is 3.15. The molecule has 1 aromatic heterocycles. The summed E-state index contributed by atoms with van der Waals surface area (Å²) < 4.78 is 0. The van der Waals surface area contributed by atoms with Crippen molar-refractivity contribution in [3.63, 3.8) is 0 Å². The van der Waals surface area contributed by atoms with Crippen LogP contribution in [-0.2, 0) is 0 Å². The maximum Gasteiger partial charge on any atom is 0.186 e. The van der Waals surface area contributed by atoms with Gasteiger partial charge in [-0.05, 0) is 26.3 Å². The van der Waals surface area contributed by atoms with Gasteiger partial charge in [-0.2, -0.15) is 0 Å². The van der Waals surface area contributed by atoms with Crippen molar-refractivity contribution in [2.45, 2.75) is 39.7 Å². The molecule has 19 heavy (non-hydrogen) atoms. The molecule has 1 aromatic rings. The van der Waals surface area contributed by atoms with Gasteiger partial charge in [0.05, 0.1) is 10.6 Å². The van der Waals surface area contributed by atoms with E-state index in [0.717, 1.165) is 35.3 Å². The van der Waals surface area contributed by atoms with Crippen LogP contribution in [0.4, 0.5) is 5.13 Å². The van der Waals surface area contributed by atoms with Crippen LogP contribution in [0.3, 0.4) is 0 Å². The predicted octanol–water partition coefficient (Wildman–Crippen LogP) is 2.57. The molecule has 0 atom stereocenters.